The Labute approximate surface area is 162 Å². The van der Waals surface area contributed by atoms with Gasteiger partial charge in [0.1, 0.15) is 0 Å². The summed E-state index contributed by atoms with van der Waals surface area (Å²) in [4.78, 5) is 13.6. The molecule has 3 aliphatic rings. The van der Waals surface area contributed by atoms with Crippen molar-refractivity contribution in [1.29, 1.82) is 0 Å². The van der Waals surface area contributed by atoms with Gasteiger partial charge in [0, 0.05) is 51.6 Å². The quantitative estimate of drug-likeness (QED) is 0.353. The van der Waals surface area contributed by atoms with Gasteiger partial charge in [0.25, 0.3) is 5.92 Å². The first-order valence-corrected chi connectivity index (χ1v) is 9.85. The molecule has 3 fully saturated rings. The summed E-state index contributed by atoms with van der Waals surface area (Å²) in [6.07, 6.45) is 2.08. The summed E-state index contributed by atoms with van der Waals surface area (Å²) in [6, 6.07) is -0.129. The van der Waals surface area contributed by atoms with Crippen molar-refractivity contribution in [2.75, 3.05) is 32.7 Å². The average molecular weight is 407 g/mol. The van der Waals surface area contributed by atoms with Gasteiger partial charge in [-0.2, -0.15) is 13.8 Å². The highest BCUT2D eigenvalue weighted by molar-refractivity contribution is 5.86. The van der Waals surface area contributed by atoms with Crippen LogP contribution in [-0.2, 0) is 4.79 Å². The van der Waals surface area contributed by atoms with Crippen molar-refractivity contribution in [3.8, 4) is 0 Å². The molecule has 6 nitrogen and oxygen atoms in total. The lowest BCUT2D eigenvalue weighted by Gasteiger charge is -2.46. The van der Waals surface area contributed by atoms with E-state index < -0.39 is 12.5 Å². The normalized spacial score (nSPS) is 34.5. The molecule has 3 heterocycles. The maximum absolute atomic E-state index is 13.5. The molecular weight excluding hydrogens is 378 g/mol. The third-order valence-corrected chi connectivity index (χ3v) is 6.18. The van der Waals surface area contributed by atoms with Gasteiger partial charge in [0.15, 0.2) is 0 Å². The number of hydrazine groups is 1. The van der Waals surface area contributed by atoms with Crippen LogP contribution in [0.25, 0.3) is 0 Å². The third-order valence-electron chi connectivity index (χ3n) is 6.18. The molecule has 0 saturated carbocycles. The molecule has 0 radical (unpaired) electrons. The van der Waals surface area contributed by atoms with Crippen molar-refractivity contribution in [2.45, 2.75) is 50.4 Å². The molecule has 0 aromatic carbocycles. The number of nitrogens with one attached hydrogen (secondary N) is 3. The highest BCUT2D eigenvalue weighted by Crippen LogP contribution is 2.34. The van der Waals surface area contributed by atoms with Gasteiger partial charge in [-0.05, 0) is 30.8 Å². The van der Waals surface area contributed by atoms with Crippen molar-refractivity contribution in [2.24, 2.45) is 11.8 Å². The zero-order valence-electron chi connectivity index (χ0n) is 15.8. The molecular formula is C18H29F4N5O. The highest BCUT2D eigenvalue weighted by atomic mass is 19.3. The molecule has 0 bridgehead atoms. The van der Waals surface area contributed by atoms with Crippen molar-refractivity contribution < 1.29 is 22.4 Å². The SMILES string of the molecule is C=CC(=O)NCC1CNC(N2CCC(F)(F)CC2)CC1C1CCN(C(F)F)N1. The first-order chi connectivity index (χ1) is 13.3. The first kappa shape index (κ1) is 21.5. The monoisotopic (exact) mass is 407 g/mol. The molecule has 0 aromatic rings. The van der Waals surface area contributed by atoms with Crippen molar-refractivity contribution in [1.82, 2.24) is 26.0 Å². The van der Waals surface area contributed by atoms with E-state index in [4.69, 9.17) is 0 Å². The Morgan fingerprint density at radius 1 is 1.29 bits per heavy atom. The van der Waals surface area contributed by atoms with E-state index in [0.717, 1.165) is 5.01 Å². The summed E-state index contributed by atoms with van der Waals surface area (Å²) < 4.78 is 53.0. The van der Waals surface area contributed by atoms with Crippen LogP contribution in [0.1, 0.15) is 25.7 Å². The molecule has 3 rings (SSSR count). The molecule has 1 amide bonds. The lowest BCUT2D eigenvalue weighted by atomic mass is 9.78. The van der Waals surface area contributed by atoms with Gasteiger partial charge in [-0.25, -0.2) is 14.2 Å². The van der Waals surface area contributed by atoms with E-state index in [0.29, 0.717) is 39.0 Å². The van der Waals surface area contributed by atoms with Gasteiger partial charge in [-0.3, -0.25) is 9.69 Å². The number of likely N-dealkylation sites (tertiary alicyclic amines) is 1. The summed E-state index contributed by atoms with van der Waals surface area (Å²) in [7, 11) is 0. The number of hydrogen-bond donors (Lipinski definition) is 3. The Morgan fingerprint density at radius 2 is 2.00 bits per heavy atom. The molecule has 0 spiro atoms. The Hall–Kier alpha value is -1.23. The number of nitrogens with zero attached hydrogens (tertiary/aromatic N) is 2. The van der Waals surface area contributed by atoms with E-state index in [1.807, 2.05) is 4.90 Å². The van der Waals surface area contributed by atoms with Gasteiger partial charge in [-0.15, -0.1) is 0 Å². The lowest BCUT2D eigenvalue weighted by molar-refractivity contribution is -0.116. The third kappa shape index (κ3) is 5.22. The Bertz CT molecular complexity index is 554. The van der Waals surface area contributed by atoms with E-state index in [1.54, 1.807) is 0 Å². The predicted octanol–water partition coefficient (Wildman–Crippen LogP) is 1.37. The number of amides is 1. The van der Waals surface area contributed by atoms with Gasteiger partial charge in [0.2, 0.25) is 5.91 Å². The molecule has 10 heteroatoms. The molecule has 4 atom stereocenters. The van der Waals surface area contributed by atoms with Crippen LogP contribution in [0.2, 0.25) is 0 Å². The van der Waals surface area contributed by atoms with Crippen LogP contribution >= 0.6 is 0 Å². The van der Waals surface area contributed by atoms with E-state index >= 15 is 0 Å². The molecule has 3 aliphatic heterocycles. The molecule has 0 aromatic heterocycles. The lowest BCUT2D eigenvalue weighted by Crippen LogP contribution is -2.60. The maximum Gasteiger partial charge on any atom is 0.306 e. The minimum atomic E-state index is -2.60. The highest BCUT2D eigenvalue weighted by Gasteiger charge is 2.43. The fourth-order valence-corrected chi connectivity index (χ4v) is 4.52. The average Bonchev–Trinajstić information content (AvgIpc) is 3.16. The van der Waals surface area contributed by atoms with Crippen LogP contribution in [0.15, 0.2) is 12.7 Å². The zero-order valence-corrected chi connectivity index (χ0v) is 15.8. The largest absolute Gasteiger partial charge is 0.352 e. The van der Waals surface area contributed by atoms with E-state index in [2.05, 4.69) is 22.6 Å². The maximum atomic E-state index is 13.5. The number of halogens is 4. The molecule has 3 N–H and O–H groups in total. The molecule has 3 saturated heterocycles. The van der Waals surface area contributed by atoms with Gasteiger partial charge in [0.05, 0.1) is 6.17 Å². The van der Waals surface area contributed by atoms with Crippen LogP contribution in [0.5, 0.6) is 0 Å². The summed E-state index contributed by atoms with van der Waals surface area (Å²) in [5, 5.41) is 7.15. The summed E-state index contributed by atoms with van der Waals surface area (Å²) in [6.45, 7) is 2.77. The second-order valence-electron chi connectivity index (χ2n) is 7.92. The van der Waals surface area contributed by atoms with Crippen LogP contribution in [0.4, 0.5) is 17.6 Å². The van der Waals surface area contributed by atoms with E-state index in [-0.39, 0.29) is 49.3 Å². The number of carbonyl (C=O) groups excluding carboxylic acids is 1. The second kappa shape index (κ2) is 9.06. The molecule has 4 unspecified atom stereocenters. The van der Waals surface area contributed by atoms with Crippen molar-refractivity contribution in [3.63, 3.8) is 0 Å². The number of piperidine rings is 2. The predicted molar refractivity (Wildman–Crippen MR) is 96.6 cm³/mol. The Kier molecular flexibility index (Phi) is 6.95. The summed E-state index contributed by atoms with van der Waals surface area (Å²) >= 11 is 0. The van der Waals surface area contributed by atoms with Gasteiger partial charge >= 0.3 is 6.55 Å². The van der Waals surface area contributed by atoms with Gasteiger partial charge in [-0.1, -0.05) is 6.58 Å². The fraction of sp³-hybridized carbons (Fsp3) is 0.833. The topological polar surface area (TPSA) is 59.6 Å². The number of hydrogen-bond acceptors (Lipinski definition) is 5. The number of carbonyl (C=O) groups is 1. The second-order valence-corrected chi connectivity index (χ2v) is 7.92. The summed E-state index contributed by atoms with van der Waals surface area (Å²) in [5.74, 6) is -2.77. The van der Waals surface area contributed by atoms with Gasteiger partial charge < -0.3 is 10.6 Å². The standard InChI is InChI=1S/C18H29F4N5O/c1-2-16(28)24-11-12-10-23-15(26-7-4-18(21,22)5-8-26)9-13(12)14-3-6-27(25-14)17(19)20/h2,12-15,17,23,25H,1,3-11H2,(H,24,28). The van der Waals surface area contributed by atoms with E-state index in [9.17, 15) is 22.4 Å². The number of alkyl halides is 4. The smallest absolute Gasteiger partial charge is 0.306 e. The minimum Gasteiger partial charge on any atom is -0.352 e. The summed E-state index contributed by atoms with van der Waals surface area (Å²) in [5.41, 5.74) is 2.91. The van der Waals surface area contributed by atoms with Crippen LogP contribution in [0, 0.1) is 11.8 Å². The van der Waals surface area contributed by atoms with Crippen LogP contribution in [0.3, 0.4) is 0 Å². The Balaban J connectivity index is 1.64. The zero-order chi connectivity index (χ0) is 20.3. The van der Waals surface area contributed by atoms with Crippen molar-refractivity contribution in [3.05, 3.63) is 12.7 Å². The van der Waals surface area contributed by atoms with Crippen molar-refractivity contribution >= 4 is 5.91 Å². The van der Waals surface area contributed by atoms with E-state index in [1.165, 1.54) is 6.08 Å². The molecule has 28 heavy (non-hydrogen) atoms. The van der Waals surface area contributed by atoms with Crippen LogP contribution < -0.4 is 16.1 Å². The van der Waals surface area contributed by atoms with Crippen LogP contribution in [-0.4, -0.2) is 73.2 Å². The molecule has 0 aliphatic carbocycles. The first-order valence-electron chi connectivity index (χ1n) is 9.85. The Morgan fingerprint density at radius 3 is 2.61 bits per heavy atom. The minimum absolute atomic E-state index is 0.0440. The number of rotatable bonds is 6. The molecule has 160 valence electrons. The fourth-order valence-electron chi connectivity index (χ4n) is 4.52.